The van der Waals surface area contributed by atoms with Crippen molar-refractivity contribution in [3.05, 3.63) is 170 Å². The van der Waals surface area contributed by atoms with Gasteiger partial charge in [0.15, 0.2) is 11.2 Å². The zero-order valence-electron chi connectivity index (χ0n) is 26.4. The highest BCUT2D eigenvalue weighted by Gasteiger charge is 2.26. The molecule has 0 unspecified atom stereocenters. The lowest BCUT2D eigenvalue weighted by Crippen LogP contribution is -2.11. The van der Waals surface area contributed by atoms with Crippen LogP contribution < -0.4 is 4.90 Å². The molecule has 0 aliphatic rings. The predicted molar refractivity (Wildman–Crippen MR) is 202 cm³/mol. The fraction of sp³-hybridized carbons (Fsp3) is 0. The summed E-state index contributed by atoms with van der Waals surface area (Å²) in [6, 6.07) is 59.1. The molecule has 0 amide bonds. The minimum Gasteiger partial charge on any atom is -0.454 e. The molecule has 0 aliphatic carbocycles. The molecule has 8 aromatic carbocycles. The fourth-order valence-corrected chi connectivity index (χ4v) is 7.21. The van der Waals surface area contributed by atoms with Crippen LogP contribution in [0.3, 0.4) is 0 Å². The molecule has 0 spiro atoms. The highest BCUT2D eigenvalue weighted by Crippen LogP contribution is 2.48. The van der Waals surface area contributed by atoms with Gasteiger partial charge in [-0.25, -0.2) is 4.98 Å². The molecule has 0 saturated heterocycles. The lowest BCUT2D eigenvalue weighted by atomic mass is 9.98. The molecule has 2 aromatic heterocycles. The van der Waals surface area contributed by atoms with Crippen molar-refractivity contribution in [3.8, 4) is 22.6 Å². The highest BCUT2D eigenvalue weighted by atomic mass is 16.4. The van der Waals surface area contributed by atoms with Gasteiger partial charge in [-0.2, -0.15) is 0 Å². The van der Waals surface area contributed by atoms with Gasteiger partial charge in [-0.05, 0) is 63.7 Å². The van der Waals surface area contributed by atoms with Crippen LogP contribution >= 0.6 is 0 Å². The third-order valence-electron chi connectivity index (χ3n) is 9.45. The van der Waals surface area contributed by atoms with Gasteiger partial charge in [0.25, 0.3) is 0 Å². The van der Waals surface area contributed by atoms with Gasteiger partial charge in [0, 0.05) is 28.1 Å². The van der Waals surface area contributed by atoms with Gasteiger partial charge in [0.1, 0.15) is 11.1 Å². The van der Waals surface area contributed by atoms with E-state index in [1.807, 2.05) is 48.5 Å². The summed E-state index contributed by atoms with van der Waals surface area (Å²) < 4.78 is 13.4. The standard InChI is InChI=1S/C45H28N2O2/c1-3-14-29(15-4-1)31-19-13-20-33(26-31)47(38-27-32-18-7-8-21-34(32)35-22-9-10-23-36(35)38)39-28-41-43(46-45(49-41)30-16-5-2-6-17-30)42-37-24-11-12-25-40(37)48-44(39)42/h1-28H. The van der Waals surface area contributed by atoms with Gasteiger partial charge in [-0.1, -0.05) is 127 Å². The number of benzene rings is 8. The molecule has 49 heavy (non-hydrogen) atoms. The van der Waals surface area contributed by atoms with Crippen molar-refractivity contribution < 1.29 is 8.83 Å². The van der Waals surface area contributed by atoms with Crippen LogP contribution in [0.2, 0.25) is 0 Å². The molecule has 2 heterocycles. The Morgan fingerprint density at radius 1 is 0.429 bits per heavy atom. The second-order valence-electron chi connectivity index (χ2n) is 12.3. The van der Waals surface area contributed by atoms with Crippen molar-refractivity contribution in [1.29, 1.82) is 0 Å². The molecule has 230 valence electrons. The van der Waals surface area contributed by atoms with Gasteiger partial charge in [0.05, 0.1) is 16.8 Å². The minimum atomic E-state index is 0.577. The third-order valence-corrected chi connectivity index (χ3v) is 9.45. The topological polar surface area (TPSA) is 42.4 Å². The van der Waals surface area contributed by atoms with Crippen molar-refractivity contribution in [2.75, 3.05) is 4.90 Å². The van der Waals surface area contributed by atoms with Crippen LogP contribution in [0.15, 0.2) is 179 Å². The van der Waals surface area contributed by atoms with Crippen LogP contribution in [0.4, 0.5) is 17.1 Å². The third kappa shape index (κ3) is 4.42. The van der Waals surface area contributed by atoms with E-state index in [1.165, 1.54) is 10.8 Å². The monoisotopic (exact) mass is 628 g/mol. The molecule has 0 bridgehead atoms. The van der Waals surface area contributed by atoms with Crippen molar-refractivity contribution >= 4 is 71.6 Å². The average Bonchev–Trinajstić information content (AvgIpc) is 3.78. The normalized spacial score (nSPS) is 11.7. The number of hydrogen-bond donors (Lipinski definition) is 0. The molecular weight excluding hydrogens is 601 g/mol. The molecule has 0 N–H and O–H groups in total. The molecule has 4 heteroatoms. The van der Waals surface area contributed by atoms with Crippen molar-refractivity contribution in [2.24, 2.45) is 0 Å². The molecular formula is C45H28N2O2. The zero-order valence-corrected chi connectivity index (χ0v) is 26.4. The number of nitrogens with zero attached hydrogens (tertiary/aromatic N) is 2. The second kappa shape index (κ2) is 11.0. The average molecular weight is 629 g/mol. The van der Waals surface area contributed by atoms with Gasteiger partial charge >= 0.3 is 0 Å². The lowest BCUT2D eigenvalue weighted by molar-refractivity contribution is 0.619. The van der Waals surface area contributed by atoms with Crippen molar-refractivity contribution in [2.45, 2.75) is 0 Å². The second-order valence-corrected chi connectivity index (χ2v) is 12.3. The first-order valence-electron chi connectivity index (χ1n) is 16.5. The van der Waals surface area contributed by atoms with E-state index in [0.29, 0.717) is 11.5 Å². The molecule has 4 nitrogen and oxygen atoms in total. The van der Waals surface area contributed by atoms with Crippen LogP contribution in [0.25, 0.3) is 77.2 Å². The first-order valence-corrected chi connectivity index (χ1v) is 16.5. The van der Waals surface area contributed by atoms with Gasteiger partial charge in [0.2, 0.25) is 5.89 Å². The van der Waals surface area contributed by atoms with E-state index >= 15 is 0 Å². The van der Waals surface area contributed by atoms with E-state index < -0.39 is 0 Å². The summed E-state index contributed by atoms with van der Waals surface area (Å²) in [7, 11) is 0. The minimum absolute atomic E-state index is 0.577. The Labute approximate surface area is 282 Å². The quantitative estimate of drug-likeness (QED) is 0.178. The first kappa shape index (κ1) is 27.5. The van der Waals surface area contributed by atoms with E-state index in [-0.39, 0.29) is 0 Å². The maximum atomic E-state index is 6.82. The van der Waals surface area contributed by atoms with E-state index in [4.69, 9.17) is 13.8 Å². The van der Waals surface area contributed by atoms with Crippen LogP contribution in [-0.2, 0) is 0 Å². The number of aromatic nitrogens is 1. The summed E-state index contributed by atoms with van der Waals surface area (Å²) in [6.45, 7) is 0. The van der Waals surface area contributed by atoms with Crippen LogP contribution in [0, 0.1) is 0 Å². The Hall–Kier alpha value is -6.65. The van der Waals surface area contributed by atoms with E-state index in [1.54, 1.807) is 0 Å². The lowest BCUT2D eigenvalue weighted by Gasteiger charge is -2.28. The Bertz CT molecular complexity index is 2830. The number of para-hydroxylation sites is 1. The first-order chi connectivity index (χ1) is 24.3. The summed E-state index contributed by atoms with van der Waals surface area (Å²) in [5.74, 6) is 0.577. The molecule has 0 fully saturated rings. The Morgan fingerprint density at radius 3 is 1.90 bits per heavy atom. The maximum Gasteiger partial charge on any atom is 0.227 e. The SMILES string of the molecule is c1ccc(-c2cccc(N(c3cc4ccccc4c4ccccc34)c3cc4oc(-c5ccccc5)nc4c4c3oc3ccccc34)c2)cc1. The van der Waals surface area contributed by atoms with Crippen molar-refractivity contribution in [1.82, 2.24) is 4.98 Å². The Balaban J connectivity index is 1.34. The predicted octanol–water partition coefficient (Wildman–Crippen LogP) is 12.8. The van der Waals surface area contributed by atoms with Gasteiger partial charge in [-0.3, -0.25) is 0 Å². The number of oxazole rings is 1. The number of rotatable bonds is 5. The van der Waals surface area contributed by atoms with E-state index in [9.17, 15) is 0 Å². The molecule has 0 atom stereocenters. The summed E-state index contributed by atoms with van der Waals surface area (Å²) in [5, 5.41) is 6.63. The summed E-state index contributed by atoms with van der Waals surface area (Å²) in [5.41, 5.74) is 9.16. The molecule has 10 rings (SSSR count). The summed E-state index contributed by atoms with van der Waals surface area (Å²) in [4.78, 5) is 7.41. The Morgan fingerprint density at radius 2 is 1.08 bits per heavy atom. The summed E-state index contributed by atoms with van der Waals surface area (Å²) >= 11 is 0. The van der Waals surface area contributed by atoms with E-state index in [0.717, 1.165) is 72.0 Å². The Kier molecular flexibility index (Phi) is 6.15. The highest BCUT2D eigenvalue weighted by molar-refractivity contribution is 6.22. The van der Waals surface area contributed by atoms with Crippen LogP contribution in [0.5, 0.6) is 0 Å². The van der Waals surface area contributed by atoms with Crippen molar-refractivity contribution in [3.63, 3.8) is 0 Å². The van der Waals surface area contributed by atoms with Crippen LogP contribution in [-0.4, -0.2) is 4.98 Å². The number of hydrogen-bond acceptors (Lipinski definition) is 4. The maximum absolute atomic E-state index is 6.82. The smallest absolute Gasteiger partial charge is 0.227 e. The molecule has 0 aliphatic heterocycles. The fourth-order valence-electron chi connectivity index (χ4n) is 7.21. The largest absolute Gasteiger partial charge is 0.454 e. The zero-order chi connectivity index (χ0) is 32.3. The molecule has 0 radical (unpaired) electrons. The van der Waals surface area contributed by atoms with Gasteiger partial charge in [-0.15, -0.1) is 0 Å². The molecule has 0 saturated carbocycles. The number of furan rings is 1. The van der Waals surface area contributed by atoms with Crippen LogP contribution in [0.1, 0.15) is 0 Å². The molecule has 10 aromatic rings. The van der Waals surface area contributed by atoms with Gasteiger partial charge < -0.3 is 13.7 Å². The number of fused-ring (bicyclic) bond motifs is 8. The number of anilines is 3. The van der Waals surface area contributed by atoms with E-state index in [2.05, 4.69) is 126 Å². The summed E-state index contributed by atoms with van der Waals surface area (Å²) in [6.07, 6.45) is 0.